The number of nitrogens with one attached hydrogen (secondary N) is 2. The van der Waals surface area contributed by atoms with Crippen molar-refractivity contribution in [3.05, 3.63) is 83.7 Å². The molecule has 0 aliphatic carbocycles. The molecule has 0 bridgehead atoms. The number of nitrogens with zero attached hydrogens (tertiary/aromatic N) is 2. The monoisotopic (exact) mass is 332 g/mol. The topological polar surface area (TPSA) is 66.9 Å². The molecule has 5 heteroatoms. The maximum atomic E-state index is 12.3. The molecule has 3 rings (SSSR count). The summed E-state index contributed by atoms with van der Waals surface area (Å²) in [6.45, 7) is 4.02. The number of carbonyl (C=O) groups excluding carboxylic acids is 1. The first-order chi connectivity index (χ1) is 12.1. The van der Waals surface area contributed by atoms with Crippen molar-refractivity contribution in [1.29, 1.82) is 0 Å². The van der Waals surface area contributed by atoms with Gasteiger partial charge >= 0.3 is 0 Å². The lowest BCUT2D eigenvalue weighted by molar-refractivity contribution is 0.102. The largest absolute Gasteiger partial charge is 0.348 e. The molecule has 25 heavy (non-hydrogen) atoms. The normalized spacial score (nSPS) is 11.6. The molecule has 0 spiro atoms. The molecule has 0 aliphatic heterocycles. The number of aryl methyl sites for hydroxylation is 1. The lowest BCUT2D eigenvalue weighted by atomic mass is 10.1. The van der Waals surface area contributed by atoms with Gasteiger partial charge < -0.3 is 10.6 Å². The first kappa shape index (κ1) is 16.6. The molecular weight excluding hydrogens is 312 g/mol. The average molecular weight is 332 g/mol. The van der Waals surface area contributed by atoms with E-state index in [0.29, 0.717) is 11.5 Å². The maximum absolute atomic E-state index is 12.3. The minimum atomic E-state index is -0.228. The molecule has 126 valence electrons. The molecule has 1 aromatic heterocycles. The number of amides is 1. The van der Waals surface area contributed by atoms with Crippen molar-refractivity contribution in [3.63, 3.8) is 0 Å². The summed E-state index contributed by atoms with van der Waals surface area (Å²) in [6, 6.07) is 17.8. The molecular formula is C20H20N4O. The van der Waals surface area contributed by atoms with E-state index in [2.05, 4.69) is 20.6 Å². The Bertz CT molecular complexity index is 847. The number of hydrogen-bond acceptors (Lipinski definition) is 4. The summed E-state index contributed by atoms with van der Waals surface area (Å²) in [5.41, 5.74) is 3.40. The van der Waals surface area contributed by atoms with Crippen LogP contribution in [0.25, 0.3) is 0 Å². The zero-order valence-electron chi connectivity index (χ0n) is 14.2. The van der Waals surface area contributed by atoms with Crippen LogP contribution in [0.5, 0.6) is 0 Å². The Morgan fingerprint density at radius 3 is 2.40 bits per heavy atom. The highest BCUT2D eigenvalue weighted by molar-refractivity contribution is 6.03. The fourth-order valence-corrected chi connectivity index (χ4v) is 2.46. The van der Waals surface area contributed by atoms with Gasteiger partial charge in [0, 0.05) is 18.1 Å². The quantitative estimate of drug-likeness (QED) is 0.734. The summed E-state index contributed by atoms with van der Waals surface area (Å²) in [5.74, 6) is 0.261. The van der Waals surface area contributed by atoms with Crippen molar-refractivity contribution in [2.24, 2.45) is 0 Å². The first-order valence-corrected chi connectivity index (χ1v) is 8.13. The van der Waals surface area contributed by atoms with Crippen molar-refractivity contribution in [3.8, 4) is 0 Å². The SMILES string of the molecule is Cc1cccc(NC(=O)c2cnc(NC(C)c3ccccc3)nc2)c1. The molecule has 1 atom stereocenters. The number of aromatic nitrogens is 2. The van der Waals surface area contributed by atoms with Gasteiger partial charge in [0.25, 0.3) is 5.91 Å². The van der Waals surface area contributed by atoms with Gasteiger partial charge in [-0.1, -0.05) is 42.5 Å². The zero-order valence-corrected chi connectivity index (χ0v) is 14.2. The smallest absolute Gasteiger partial charge is 0.258 e. The summed E-state index contributed by atoms with van der Waals surface area (Å²) < 4.78 is 0. The molecule has 5 nitrogen and oxygen atoms in total. The predicted octanol–water partition coefficient (Wildman–Crippen LogP) is 4.21. The summed E-state index contributed by atoms with van der Waals surface area (Å²) in [7, 11) is 0. The second-order valence-corrected chi connectivity index (χ2v) is 5.90. The van der Waals surface area contributed by atoms with Crippen LogP contribution in [-0.2, 0) is 0 Å². The molecule has 1 heterocycles. The Morgan fingerprint density at radius 1 is 1.00 bits per heavy atom. The van der Waals surface area contributed by atoms with Gasteiger partial charge in [-0.2, -0.15) is 0 Å². The number of hydrogen-bond donors (Lipinski definition) is 2. The molecule has 0 saturated carbocycles. The first-order valence-electron chi connectivity index (χ1n) is 8.13. The molecule has 0 radical (unpaired) electrons. The summed E-state index contributed by atoms with van der Waals surface area (Å²) in [4.78, 5) is 20.8. The van der Waals surface area contributed by atoms with Crippen molar-refractivity contribution in [2.75, 3.05) is 10.6 Å². The van der Waals surface area contributed by atoms with E-state index in [0.717, 1.165) is 16.8 Å². The van der Waals surface area contributed by atoms with Crippen LogP contribution in [0.3, 0.4) is 0 Å². The second-order valence-electron chi connectivity index (χ2n) is 5.90. The summed E-state index contributed by atoms with van der Waals surface area (Å²) >= 11 is 0. The van der Waals surface area contributed by atoms with Crippen LogP contribution in [0.1, 0.15) is 34.5 Å². The molecule has 0 saturated heterocycles. The fourth-order valence-electron chi connectivity index (χ4n) is 2.46. The van der Waals surface area contributed by atoms with Crippen LogP contribution in [0.2, 0.25) is 0 Å². The van der Waals surface area contributed by atoms with Gasteiger partial charge in [0.15, 0.2) is 0 Å². The number of anilines is 2. The van der Waals surface area contributed by atoms with Crippen LogP contribution in [0.4, 0.5) is 11.6 Å². The van der Waals surface area contributed by atoms with Crippen LogP contribution in [0, 0.1) is 6.92 Å². The van der Waals surface area contributed by atoms with Gasteiger partial charge in [-0.25, -0.2) is 9.97 Å². The van der Waals surface area contributed by atoms with Crippen LogP contribution in [-0.4, -0.2) is 15.9 Å². The Hall–Kier alpha value is -3.21. The molecule has 2 aromatic carbocycles. The molecule has 1 unspecified atom stereocenters. The molecule has 0 aliphatic rings. The van der Waals surface area contributed by atoms with Crippen molar-refractivity contribution >= 4 is 17.5 Å². The van der Waals surface area contributed by atoms with E-state index in [1.807, 2.05) is 68.4 Å². The molecule has 1 amide bonds. The molecule has 0 fully saturated rings. The van der Waals surface area contributed by atoms with E-state index < -0.39 is 0 Å². The van der Waals surface area contributed by atoms with Gasteiger partial charge in [0.1, 0.15) is 0 Å². The second kappa shape index (κ2) is 7.57. The molecule has 3 aromatic rings. The summed E-state index contributed by atoms with van der Waals surface area (Å²) in [5, 5.41) is 6.07. The van der Waals surface area contributed by atoms with Gasteiger partial charge in [0.2, 0.25) is 5.95 Å². The lowest BCUT2D eigenvalue weighted by Gasteiger charge is -2.14. The Balaban J connectivity index is 1.64. The summed E-state index contributed by atoms with van der Waals surface area (Å²) in [6.07, 6.45) is 3.05. The van der Waals surface area contributed by atoms with Crippen molar-refractivity contribution in [1.82, 2.24) is 9.97 Å². The van der Waals surface area contributed by atoms with E-state index >= 15 is 0 Å². The van der Waals surface area contributed by atoms with E-state index in [-0.39, 0.29) is 11.9 Å². The number of rotatable bonds is 5. The van der Waals surface area contributed by atoms with Gasteiger partial charge in [-0.3, -0.25) is 4.79 Å². The third-order valence-corrected chi connectivity index (χ3v) is 3.84. The van der Waals surface area contributed by atoms with E-state index in [1.165, 1.54) is 12.4 Å². The van der Waals surface area contributed by atoms with Gasteiger partial charge in [-0.15, -0.1) is 0 Å². The highest BCUT2D eigenvalue weighted by atomic mass is 16.1. The Labute approximate surface area is 147 Å². The average Bonchev–Trinajstić information content (AvgIpc) is 2.63. The van der Waals surface area contributed by atoms with Crippen LogP contribution >= 0.6 is 0 Å². The maximum Gasteiger partial charge on any atom is 0.258 e. The van der Waals surface area contributed by atoms with Crippen molar-refractivity contribution < 1.29 is 4.79 Å². The molecule has 2 N–H and O–H groups in total. The number of benzene rings is 2. The highest BCUT2D eigenvalue weighted by Crippen LogP contribution is 2.16. The minimum absolute atomic E-state index is 0.0770. The fraction of sp³-hybridized carbons (Fsp3) is 0.150. The third kappa shape index (κ3) is 4.41. The minimum Gasteiger partial charge on any atom is -0.348 e. The Morgan fingerprint density at radius 2 is 1.72 bits per heavy atom. The number of carbonyl (C=O) groups is 1. The predicted molar refractivity (Wildman–Crippen MR) is 99.6 cm³/mol. The highest BCUT2D eigenvalue weighted by Gasteiger charge is 2.10. The Kier molecular flexibility index (Phi) is 5.04. The van der Waals surface area contributed by atoms with E-state index in [9.17, 15) is 4.79 Å². The van der Waals surface area contributed by atoms with E-state index in [1.54, 1.807) is 0 Å². The van der Waals surface area contributed by atoms with Crippen LogP contribution < -0.4 is 10.6 Å². The third-order valence-electron chi connectivity index (χ3n) is 3.84. The van der Waals surface area contributed by atoms with E-state index in [4.69, 9.17) is 0 Å². The standard InChI is InChI=1S/C20H20N4O/c1-14-7-6-10-18(11-14)24-19(25)17-12-21-20(22-13-17)23-15(2)16-8-4-3-5-9-16/h3-13,15H,1-2H3,(H,24,25)(H,21,22,23). The van der Waals surface area contributed by atoms with Crippen molar-refractivity contribution in [2.45, 2.75) is 19.9 Å². The van der Waals surface area contributed by atoms with Crippen LogP contribution in [0.15, 0.2) is 67.0 Å². The van der Waals surface area contributed by atoms with Gasteiger partial charge in [-0.05, 0) is 37.1 Å². The zero-order chi connectivity index (χ0) is 17.6. The van der Waals surface area contributed by atoms with Gasteiger partial charge in [0.05, 0.1) is 11.6 Å². The lowest BCUT2D eigenvalue weighted by Crippen LogP contribution is -2.14.